The van der Waals surface area contributed by atoms with Crippen molar-refractivity contribution in [3.8, 4) is 0 Å². The van der Waals surface area contributed by atoms with E-state index in [1.807, 2.05) is 0 Å². The summed E-state index contributed by atoms with van der Waals surface area (Å²) in [6.07, 6.45) is 0.973. The molecule has 3 rings (SSSR count). The van der Waals surface area contributed by atoms with Gasteiger partial charge < -0.3 is 5.32 Å². The summed E-state index contributed by atoms with van der Waals surface area (Å²) >= 11 is 0. The van der Waals surface area contributed by atoms with Crippen molar-refractivity contribution in [3.63, 3.8) is 0 Å². The number of hydrogen-bond donors (Lipinski definition) is 1. The molecule has 1 N–H and O–H groups in total. The molecule has 0 saturated heterocycles. The van der Waals surface area contributed by atoms with Crippen LogP contribution in [0, 0.1) is 10.1 Å². The Kier molecular flexibility index (Phi) is 4.69. The number of nitrogens with zero attached hydrogens (tertiary/aromatic N) is 2. The highest BCUT2D eigenvalue weighted by molar-refractivity contribution is 7.90. The van der Waals surface area contributed by atoms with Crippen molar-refractivity contribution in [2.24, 2.45) is 0 Å². The molecule has 2 aromatic rings. The lowest BCUT2D eigenvalue weighted by Crippen LogP contribution is -2.37. The summed E-state index contributed by atoms with van der Waals surface area (Å²) in [7, 11) is -3.62. The van der Waals surface area contributed by atoms with Crippen molar-refractivity contribution < 1.29 is 27.7 Å². The van der Waals surface area contributed by atoms with Gasteiger partial charge in [0.25, 0.3) is 17.5 Å². The monoisotopic (exact) mass is 403 g/mol. The number of carbonyl (C=O) groups is 3. The summed E-state index contributed by atoms with van der Waals surface area (Å²) in [6.45, 7) is -0.721. The molecular weight excluding hydrogens is 390 g/mol. The summed E-state index contributed by atoms with van der Waals surface area (Å²) in [5.74, 6) is -2.62. The molecule has 1 heterocycles. The van der Waals surface area contributed by atoms with Crippen LogP contribution in [0.1, 0.15) is 20.7 Å². The fourth-order valence-electron chi connectivity index (χ4n) is 2.84. The lowest BCUT2D eigenvalue weighted by Gasteiger charge is -2.14. The molecule has 0 fully saturated rings. The van der Waals surface area contributed by atoms with Gasteiger partial charge in [-0.25, -0.2) is 8.42 Å². The van der Waals surface area contributed by atoms with Gasteiger partial charge in [-0.1, -0.05) is 18.2 Å². The molecule has 2 aromatic carbocycles. The number of rotatable bonds is 5. The lowest BCUT2D eigenvalue weighted by molar-refractivity contribution is -0.385. The summed E-state index contributed by atoms with van der Waals surface area (Å²) in [4.78, 5) is 48.0. The number of carbonyl (C=O) groups excluding carboxylic acids is 3. The summed E-state index contributed by atoms with van der Waals surface area (Å²) < 4.78 is 23.6. The number of nitrogens with one attached hydrogen (secondary N) is 1. The van der Waals surface area contributed by atoms with E-state index in [1.54, 1.807) is 0 Å². The molecule has 1 aliphatic heterocycles. The number of nitro groups is 1. The van der Waals surface area contributed by atoms with Crippen molar-refractivity contribution in [2.75, 3.05) is 18.1 Å². The van der Waals surface area contributed by atoms with Crippen LogP contribution < -0.4 is 5.32 Å². The molecule has 144 valence electrons. The Morgan fingerprint density at radius 3 is 2.43 bits per heavy atom. The van der Waals surface area contributed by atoms with Crippen molar-refractivity contribution in [1.82, 2.24) is 4.90 Å². The third-order valence-corrected chi connectivity index (χ3v) is 5.19. The van der Waals surface area contributed by atoms with Crippen LogP contribution in [0.4, 0.5) is 11.4 Å². The molecule has 0 unspecified atom stereocenters. The number of fused-ring (bicyclic) bond motifs is 1. The van der Waals surface area contributed by atoms with Crippen LogP contribution in [0.25, 0.3) is 0 Å². The zero-order chi connectivity index (χ0) is 20.6. The van der Waals surface area contributed by atoms with Gasteiger partial charge in [-0.2, -0.15) is 0 Å². The van der Waals surface area contributed by atoms with Crippen LogP contribution in [0.3, 0.4) is 0 Å². The Bertz CT molecular complexity index is 1140. The van der Waals surface area contributed by atoms with Crippen LogP contribution in [-0.2, 0) is 14.6 Å². The van der Waals surface area contributed by atoms with E-state index in [-0.39, 0.29) is 21.7 Å². The first-order valence-corrected chi connectivity index (χ1v) is 9.73. The van der Waals surface area contributed by atoms with Crippen molar-refractivity contribution in [3.05, 3.63) is 63.7 Å². The van der Waals surface area contributed by atoms with Gasteiger partial charge in [-0.3, -0.25) is 29.4 Å². The van der Waals surface area contributed by atoms with Crippen LogP contribution in [0.5, 0.6) is 0 Å². The lowest BCUT2D eigenvalue weighted by atomic mass is 10.1. The SMILES string of the molecule is CS(=O)(=O)c1ccccc1NC(=O)CN1C(=O)c2cccc([N+](=O)[O-])c2C1=O. The van der Waals surface area contributed by atoms with Gasteiger partial charge in [0.15, 0.2) is 9.84 Å². The molecule has 1 aliphatic rings. The highest BCUT2D eigenvalue weighted by Crippen LogP contribution is 2.30. The van der Waals surface area contributed by atoms with Gasteiger partial charge in [0, 0.05) is 12.3 Å². The van der Waals surface area contributed by atoms with E-state index in [0.29, 0.717) is 4.90 Å². The molecule has 0 atom stereocenters. The van der Waals surface area contributed by atoms with E-state index < -0.39 is 44.7 Å². The number of nitro benzene ring substituents is 1. The van der Waals surface area contributed by atoms with Crippen LogP contribution in [-0.4, -0.2) is 48.8 Å². The van der Waals surface area contributed by atoms with E-state index in [0.717, 1.165) is 12.3 Å². The maximum absolute atomic E-state index is 12.5. The van der Waals surface area contributed by atoms with E-state index >= 15 is 0 Å². The van der Waals surface area contributed by atoms with Crippen molar-refractivity contribution in [2.45, 2.75) is 4.90 Å². The topological polar surface area (TPSA) is 144 Å². The summed E-state index contributed by atoms with van der Waals surface area (Å²) in [5, 5.41) is 13.5. The molecule has 0 aliphatic carbocycles. The first-order valence-electron chi connectivity index (χ1n) is 7.84. The first kappa shape index (κ1) is 19.2. The van der Waals surface area contributed by atoms with Gasteiger partial charge in [0.05, 0.1) is 21.1 Å². The predicted molar refractivity (Wildman–Crippen MR) is 96.6 cm³/mol. The van der Waals surface area contributed by atoms with Gasteiger partial charge in [0.2, 0.25) is 5.91 Å². The third-order valence-electron chi connectivity index (χ3n) is 4.04. The Labute approximate surface area is 158 Å². The number of anilines is 1. The second kappa shape index (κ2) is 6.85. The first-order chi connectivity index (χ1) is 13.1. The Balaban J connectivity index is 1.85. The molecular formula is C17H13N3O7S. The zero-order valence-electron chi connectivity index (χ0n) is 14.4. The Morgan fingerprint density at radius 2 is 1.79 bits per heavy atom. The molecule has 0 aromatic heterocycles. The average molecular weight is 403 g/mol. The van der Waals surface area contributed by atoms with Gasteiger partial charge in [-0.05, 0) is 18.2 Å². The number of amides is 3. The second-order valence-corrected chi connectivity index (χ2v) is 7.95. The maximum atomic E-state index is 12.5. The fourth-order valence-corrected chi connectivity index (χ4v) is 3.68. The van der Waals surface area contributed by atoms with Gasteiger partial charge in [-0.15, -0.1) is 0 Å². The number of para-hydroxylation sites is 1. The minimum atomic E-state index is -3.62. The minimum Gasteiger partial charge on any atom is -0.323 e. The maximum Gasteiger partial charge on any atom is 0.282 e. The predicted octanol–water partition coefficient (Wildman–Crippen LogP) is 1.23. The summed E-state index contributed by atoms with van der Waals surface area (Å²) in [5.41, 5.74) is -1.07. The molecule has 3 amide bonds. The second-order valence-electron chi connectivity index (χ2n) is 5.97. The molecule has 0 spiro atoms. The standard InChI is InChI=1S/C17H13N3O7S/c1-28(26,27)13-8-3-2-6-11(13)18-14(21)9-19-16(22)10-5-4-7-12(20(24)25)15(10)17(19)23/h2-8H,9H2,1H3,(H,18,21). The third kappa shape index (κ3) is 3.34. The number of sulfone groups is 1. The van der Waals surface area contributed by atoms with E-state index in [1.165, 1.54) is 36.4 Å². The Morgan fingerprint density at radius 1 is 1.11 bits per heavy atom. The highest BCUT2D eigenvalue weighted by atomic mass is 32.2. The number of imide groups is 1. The Hall–Kier alpha value is -3.60. The zero-order valence-corrected chi connectivity index (χ0v) is 15.2. The smallest absolute Gasteiger partial charge is 0.282 e. The molecule has 11 heteroatoms. The highest BCUT2D eigenvalue weighted by Gasteiger charge is 2.41. The van der Waals surface area contributed by atoms with Gasteiger partial charge in [0.1, 0.15) is 12.1 Å². The van der Waals surface area contributed by atoms with Crippen molar-refractivity contribution in [1.29, 1.82) is 0 Å². The van der Waals surface area contributed by atoms with Crippen molar-refractivity contribution >= 4 is 38.9 Å². The molecule has 10 nitrogen and oxygen atoms in total. The molecule has 0 bridgehead atoms. The average Bonchev–Trinajstić information content (AvgIpc) is 2.86. The minimum absolute atomic E-state index is 0.00223. The molecule has 0 radical (unpaired) electrons. The van der Waals surface area contributed by atoms with Crippen LogP contribution >= 0.6 is 0 Å². The van der Waals surface area contributed by atoms with Crippen LogP contribution in [0.2, 0.25) is 0 Å². The number of hydrogen-bond acceptors (Lipinski definition) is 7. The van der Waals surface area contributed by atoms with E-state index in [9.17, 15) is 32.9 Å². The fraction of sp³-hybridized carbons (Fsp3) is 0.118. The van der Waals surface area contributed by atoms with Gasteiger partial charge >= 0.3 is 0 Å². The van der Waals surface area contributed by atoms with E-state index in [4.69, 9.17) is 0 Å². The van der Waals surface area contributed by atoms with E-state index in [2.05, 4.69) is 5.32 Å². The molecule has 0 saturated carbocycles. The normalized spacial score (nSPS) is 13.4. The summed E-state index contributed by atoms with van der Waals surface area (Å²) in [6, 6.07) is 9.28. The molecule has 28 heavy (non-hydrogen) atoms. The number of benzene rings is 2. The largest absolute Gasteiger partial charge is 0.323 e. The van der Waals surface area contributed by atoms with Crippen LogP contribution in [0.15, 0.2) is 47.4 Å². The quantitative estimate of drug-likeness (QED) is 0.449.